The number of halogens is 1. The van der Waals surface area contributed by atoms with Crippen molar-refractivity contribution in [2.75, 3.05) is 24.7 Å². The van der Waals surface area contributed by atoms with Crippen LogP contribution in [0.15, 0.2) is 77.8 Å². The normalized spacial score (nSPS) is 16.9. The molecule has 4 rings (SSSR count). The minimum Gasteiger partial charge on any atom is -0.458 e. The van der Waals surface area contributed by atoms with Crippen molar-refractivity contribution in [1.82, 2.24) is 0 Å². The molecule has 1 fully saturated rings. The van der Waals surface area contributed by atoms with E-state index < -0.39 is 37.1 Å². The summed E-state index contributed by atoms with van der Waals surface area (Å²) in [6, 6.07) is 20.9. The van der Waals surface area contributed by atoms with Crippen LogP contribution in [-0.2, 0) is 27.2 Å². The number of amides is 1. The van der Waals surface area contributed by atoms with E-state index in [9.17, 15) is 44.6 Å². The van der Waals surface area contributed by atoms with Crippen molar-refractivity contribution in [3.8, 4) is 0 Å². The number of rotatable bonds is 17. The van der Waals surface area contributed by atoms with Gasteiger partial charge < -0.3 is 46.0 Å². The number of amidine groups is 1. The lowest BCUT2D eigenvalue weighted by Crippen LogP contribution is -2.62. The summed E-state index contributed by atoms with van der Waals surface area (Å²) in [5.74, 6) is -0.205. The first-order chi connectivity index (χ1) is 24.7. The van der Waals surface area contributed by atoms with Crippen LogP contribution in [0.5, 0.6) is 0 Å². The Morgan fingerprint density at radius 1 is 0.981 bits per heavy atom. The van der Waals surface area contributed by atoms with Gasteiger partial charge in [0.2, 0.25) is 5.91 Å². The average molecular weight is 725 g/mol. The molecule has 1 amide bonds. The number of nitrogens with zero attached hydrogens (tertiary/aromatic N) is 2. The highest BCUT2D eigenvalue weighted by Gasteiger charge is 2.48. The molecular weight excluding hydrogens is 675 g/mol. The maximum absolute atomic E-state index is 12.6. The number of nitrogens with one attached hydrogen (secondary N) is 1. The zero-order valence-electron chi connectivity index (χ0n) is 29.4. The van der Waals surface area contributed by atoms with Crippen molar-refractivity contribution in [1.29, 1.82) is 5.41 Å². The molecule has 1 aliphatic rings. The summed E-state index contributed by atoms with van der Waals surface area (Å²) in [7, 11) is 0. The Balaban J connectivity index is 0.000000435. The predicted octanol–water partition coefficient (Wildman–Crippen LogP) is 2.63. The largest absolute Gasteiger partial charge is 0.458 e. The molecule has 1 saturated heterocycles. The summed E-state index contributed by atoms with van der Waals surface area (Å²) in [6.45, 7) is 0.423. The number of β-lactam (4-membered cyclic amide) rings is 1. The lowest BCUT2D eigenvalue weighted by atomic mass is 9.81. The first kappa shape index (κ1) is 41.8. The quantitative estimate of drug-likeness (QED) is 0.0439. The standard InChI is InChI=1S/C27H36N4O7.C11H13FO2/c28-17-30-23(29)10-5-18-3-8-21(9-4-18)31-22(13-24(31)35)20-6-1-19(2-7-20)11-12-26(37,14-32)25(36)27(38,15-33)16-34;1-3-11(14-8(2)13)9-4-6-10(12)7-5-9/h1-4,6-9,17,22,25,32-34,36-38H,5,10-16H2,(H3,28,29,30);4-7,11H,3H2,1-2H3. The molecule has 0 aromatic heterocycles. The second kappa shape index (κ2) is 19.3. The average Bonchev–Trinajstić information content (AvgIpc) is 3.15. The first-order valence-electron chi connectivity index (χ1n) is 16.9. The van der Waals surface area contributed by atoms with Crippen LogP contribution < -0.4 is 10.6 Å². The molecule has 3 aromatic rings. The number of anilines is 1. The van der Waals surface area contributed by atoms with Gasteiger partial charge in [-0.25, -0.2) is 9.38 Å². The van der Waals surface area contributed by atoms with Crippen LogP contribution in [0.2, 0.25) is 0 Å². The topological polar surface area (TPSA) is 230 Å². The monoisotopic (exact) mass is 724 g/mol. The zero-order valence-corrected chi connectivity index (χ0v) is 29.4. The molecule has 282 valence electrons. The van der Waals surface area contributed by atoms with Crippen LogP contribution in [0, 0.1) is 11.2 Å². The number of aliphatic hydroxyl groups is 6. The number of aryl methyl sites for hydroxylation is 2. The van der Waals surface area contributed by atoms with E-state index in [2.05, 4.69) is 4.99 Å². The van der Waals surface area contributed by atoms with E-state index in [0.29, 0.717) is 31.5 Å². The molecule has 0 aliphatic carbocycles. The van der Waals surface area contributed by atoms with Crippen LogP contribution in [0.25, 0.3) is 0 Å². The Bertz CT molecular complexity index is 1630. The summed E-state index contributed by atoms with van der Waals surface area (Å²) in [4.78, 5) is 28.7. The molecule has 9 N–H and O–H groups in total. The number of aliphatic hydroxyl groups excluding tert-OH is 4. The molecule has 3 aromatic carbocycles. The number of carbonyl (C=O) groups is 2. The summed E-state index contributed by atoms with van der Waals surface area (Å²) >= 11 is 0. The number of ether oxygens (including phenoxy) is 1. The fraction of sp³-hybridized carbons (Fsp3) is 0.421. The number of nitrogens with two attached hydrogens (primary N) is 1. The van der Waals surface area contributed by atoms with Gasteiger partial charge in [0.15, 0.2) is 0 Å². The molecular formula is C38H49FN4O9. The number of esters is 1. The highest BCUT2D eigenvalue weighted by molar-refractivity contribution is 6.01. The molecule has 14 heteroatoms. The van der Waals surface area contributed by atoms with Gasteiger partial charge in [0, 0.05) is 19.0 Å². The summed E-state index contributed by atoms with van der Waals surface area (Å²) in [5, 5.41) is 66.4. The minimum atomic E-state index is -2.36. The van der Waals surface area contributed by atoms with Gasteiger partial charge in [-0.2, -0.15) is 0 Å². The van der Waals surface area contributed by atoms with Crippen molar-refractivity contribution in [3.05, 3.63) is 101 Å². The van der Waals surface area contributed by atoms with Crippen LogP contribution in [0.3, 0.4) is 0 Å². The van der Waals surface area contributed by atoms with Crippen molar-refractivity contribution in [3.63, 3.8) is 0 Å². The number of carbonyl (C=O) groups excluding carboxylic acids is 2. The van der Waals surface area contributed by atoms with E-state index in [1.165, 1.54) is 19.1 Å². The van der Waals surface area contributed by atoms with Gasteiger partial charge in [-0.15, -0.1) is 0 Å². The van der Waals surface area contributed by atoms with Crippen molar-refractivity contribution >= 4 is 29.7 Å². The molecule has 13 nitrogen and oxygen atoms in total. The van der Waals surface area contributed by atoms with E-state index in [1.807, 2.05) is 55.5 Å². The number of hydrogen-bond acceptors (Lipinski definition) is 10. The second-order valence-electron chi connectivity index (χ2n) is 12.8. The van der Waals surface area contributed by atoms with Crippen LogP contribution >= 0.6 is 0 Å². The zero-order chi connectivity index (χ0) is 38.5. The molecule has 0 spiro atoms. The van der Waals surface area contributed by atoms with E-state index in [1.54, 1.807) is 17.0 Å². The van der Waals surface area contributed by atoms with Crippen LogP contribution in [0.4, 0.5) is 10.1 Å². The van der Waals surface area contributed by atoms with Gasteiger partial charge in [-0.05, 0) is 72.2 Å². The van der Waals surface area contributed by atoms with Crippen molar-refractivity contribution < 1.29 is 49.4 Å². The Hall–Kier alpha value is -4.57. The van der Waals surface area contributed by atoms with E-state index >= 15 is 0 Å². The molecule has 4 unspecified atom stereocenters. The van der Waals surface area contributed by atoms with E-state index in [-0.39, 0.29) is 42.7 Å². The van der Waals surface area contributed by atoms with Gasteiger partial charge in [-0.3, -0.25) is 15.0 Å². The third kappa shape index (κ3) is 11.0. The Morgan fingerprint density at radius 3 is 2.04 bits per heavy atom. The molecule has 0 bridgehead atoms. The van der Waals surface area contributed by atoms with Crippen molar-refractivity contribution in [2.24, 2.45) is 10.7 Å². The number of benzene rings is 3. The maximum Gasteiger partial charge on any atom is 0.303 e. The molecule has 52 heavy (non-hydrogen) atoms. The van der Waals surface area contributed by atoms with E-state index in [4.69, 9.17) is 15.9 Å². The Kier molecular flexibility index (Phi) is 15.5. The van der Waals surface area contributed by atoms with Gasteiger partial charge in [0.25, 0.3) is 0 Å². The highest BCUT2D eigenvalue weighted by atomic mass is 19.1. The summed E-state index contributed by atoms with van der Waals surface area (Å²) < 4.78 is 17.7. The van der Waals surface area contributed by atoms with Crippen LogP contribution in [0.1, 0.15) is 73.9 Å². The molecule has 1 aliphatic heterocycles. The second-order valence-corrected chi connectivity index (χ2v) is 12.8. The number of aliphatic imine (C=N–C) groups is 1. The maximum atomic E-state index is 12.6. The highest BCUT2D eigenvalue weighted by Crippen LogP contribution is 2.39. The lowest BCUT2D eigenvalue weighted by Gasteiger charge is -2.41. The third-order valence-corrected chi connectivity index (χ3v) is 9.03. The summed E-state index contributed by atoms with van der Waals surface area (Å²) in [5.41, 5.74) is 5.59. The van der Waals surface area contributed by atoms with E-state index in [0.717, 1.165) is 34.3 Å². The SMILES string of the molecule is CCC(OC(C)=O)c1ccc(F)cc1.N=CN=C(N)CCc1ccc(N2C(=O)CC2c2ccc(CCC(O)(CO)C(O)C(O)(CO)CO)cc2)cc1. The molecule has 1 heterocycles. The predicted molar refractivity (Wildman–Crippen MR) is 193 cm³/mol. The Morgan fingerprint density at radius 2 is 1.54 bits per heavy atom. The van der Waals surface area contributed by atoms with Gasteiger partial charge >= 0.3 is 5.97 Å². The minimum absolute atomic E-state index is 0.0106. The molecule has 0 saturated carbocycles. The fourth-order valence-corrected chi connectivity index (χ4v) is 5.81. The smallest absolute Gasteiger partial charge is 0.303 e. The third-order valence-electron chi connectivity index (χ3n) is 9.03. The summed E-state index contributed by atoms with van der Waals surface area (Å²) in [6.07, 6.45) is 1.04. The van der Waals surface area contributed by atoms with Crippen LogP contribution in [-0.4, -0.2) is 91.8 Å². The van der Waals surface area contributed by atoms with Gasteiger partial charge in [-0.1, -0.05) is 55.5 Å². The first-order valence-corrected chi connectivity index (χ1v) is 16.9. The molecule has 0 radical (unpaired) electrons. The lowest BCUT2D eigenvalue weighted by molar-refractivity contribution is -0.212. The van der Waals surface area contributed by atoms with Gasteiger partial charge in [0.05, 0.1) is 32.3 Å². The van der Waals surface area contributed by atoms with Crippen molar-refractivity contribution in [2.45, 2.75) is 81.8 Å². The fourth-order valence-electron chi connectivity index (χ4n) is 5.81. The Labute approximate surface area is 302 Å². The van der Waals surface area contributed by atoms with Gasteiger partial charge in [0.1, 0.15) is 41.4 Å². The number of hydrogen-bond donors (Lipinski definition) is 8. The molecule has 4 atom stereocenters.